The molecule has 0 aliphatic carbocycles. The molecule has 0 radical (unpaired) electrons. The first-order chi connectivity index (χ1) is 13.2. The number of hydrogen-bond donors (Lipinski definition) is 0. The van der Waals surface area contributed by atoms with E-state index in [1.54, 1.807) is 12.1 Å². The van der Waals surface area contributed by atoms with Crippen LogP contribution in [0.5, 0.6) is 0 Å². The Balaban J connectivity index is 0.000000221. The molecule has 0 aliphatic heterocycles. The van der Waals surface area contributed by atoms with Gasteiger partial charge in [0.2, 0.25) is 0 Å². The van der Waals surface area contributed by atoms with Gasteiger partial charge in [-0.1, -0.05) is 86.5 Å². The smallest absolute Gasteiger partial charge is 0.104 e. The third-order valence-electron chi connectivity index (χ3n) is 3.86. The zero-order valence-corrected chi connectivity index (χ0v) is 19.3. The second-order valence-corrected chi connectivity index (χ2v) is 9.19. The minimum Gasteiger partial charge on any atom is -0.545 e. The second kappa shape index (κ2) is 10.0. The lowest BCUT2D eigenvalue weighted by atomic mass is 10.0. The van der Waals surface area contributed by atoms with Crippen LogP contribution >= 0.6 is 31.9 Å². The van der Waals surface area contributed by atoms with Gasteiger partial charge in [-0.15, -0.1) is 0 Å². The highest BCUT2D eigenvalue weighted by Crippen LogP contribution is 2.31. The van der Waals surface area contributed by atoms with Crippen LogP contribution in [-0.2, 0) is 6.54 Å². The van der Waals surface area contributed by atoms with E-state index in [0.717, 1.165) is 31.1 Å². The van der Waals surface area contributed by atoms with Gasteiger partial charge in [-0.05, 0) is 34.9 Å². The van der Waals surface area contributed by atoms with Gasteiger partial charge in [0.15, 0.2) is 0 Å². The van der Waals surface area contributed by atoms with E-state index in [-0.39, 0.29) is 5.56 Å². The molecular formula is C23H23Br2NO2. The summed E-state index contributed by atoms with van der Waals surface area (Å²) in [5.74, 6) is -1.16. The molecular weight excluding hydrogens is 482 g/mol. The molecule has 3 aromatic rings. The average molecular weight is 505 g/mol. The Bertz CT molecular complexity index is 918. The minimum atomic E-state index is -1.16. The van der Waals surface area contributed by atoms with Gasteiger partial charge >= 0.3 is 0 Å². The van der Waals surface area contributed by atoms with Crippen LogP contribution < -0.4 is 5.11 Å². The highest BCUT2D eigenvalue weighted by molar-refractivity contribution is 9.11. The van der Waals surface area contributed by atoms with Gasteiger partial charge < -0.3 is 14.4 Å². The third-order valence-corrected chi connectivity index (χ3v) is 5.04. The molecule has 146 valence electrons. The Labute approximate surface area is 183 Å². The summed E-state index contributed by atoms with van der Waals surface area (Å²) < 4.78 is 2.92. The van der Waals surface area contributed by atoms with Crippen molar-refractivity contribution >= 4 is 37.8 Å². The van der Waals surface area contributed by atoms with Gasteiger partial charge in [-0.2, -0.15) is 0 Å². The van der Waals surface area contributed by atoms with Gasteiger partial charge in [0, 0.05) is 14.5 Å². The summed E-state index contributed by atoms with van der Waals surface area (Å²) in [6.07, 6.45) is 0. The van der Waals surface area contributed by atoms with E-state index in [1.165, 1.54) is 17.7 Å². The molecule has 3 nitrogen and oxygen atoms in total. The van der Waals surface area contributed by atoms with Crippen molar-refractivity contribution in [2.24, 2.45) is 0 Å². The number of carboxylic acids is 1. The van der Waals surface area contributed by atoms with Crippen LogP contribution in [0.25, 0.3) is 11.1 Å². The quantitative estimate of drug-likeness (QED) is 0.462. The number of nitrogens with zero attached hydrogens (tertiary/aromatic N) is 1. The monoisotopic (exact) mass is 503 g/mol. The Kier molecular flexibility index (Phi) is 7.98. The minimum absolute atomic E-state index is 0.180. The predicted octanol–water partition coefficient (Wildman–Crippen LogP) is 5.13. The highest BCUT2D eigenvalue weighted by Gasteiger charge is 2.06. The first-order valence-corrected chi connectivity index (χ1v) is 10.4. The fraction of sp³-hybridized carbons (Fsp3) is 0.174. The summed E-state index contributed by atoms with van der Waals surface area (Å²) >= 11 is 6.87. The molecule has 0 saturated carbocycles. The van der Waals surface area contributed by atoms with Crippen molar-refractivity contribution in [2.45, 2.75) is 6.54 Å². The van der Waals surface area contributed by atoms with Crippen LogP contribution in [0.15, 0.2) is 81.7 Å². The van der Waals surface area contributed by atoms with Crippen molar-refractivity contribution in [3.8, 4) is 11.1 Å². The molecule has 0 spiro atoms. The molecule has 0 aliphatic rings. The molecule has 0 bridgehead atoms. The number of carboxylic acid groups (broad SMARTS) is 1. The predicted molar refractivity (Wildman–Crippen MR) is 120 cm³/mol. The molecule has 0 saturated heterocycles. The number of halogens is 2. The molecule has 3 aromatic carbocycles. The fourth-order valence-corrected chi connectivity index (χ4v) is 3.47. The van der Waals surface area contributed by atoms with Crippen LogP contribution in [0.2, 0.25) is 0 Å². The number of rotatable bonds is 4. The number of aromatic carboxylic acids is 1. The summed E-state index contributed by atoms with van der Waals surface area (Å²) in [4.78, 5) is 10.6. The maximum Gasteiger partial charge on any atom is 0.104 e. The zero-order valence-electron chi connectivity index (χ0n) is 16.2. The van der Waals surface area contributed by atoms with Crippen molar-refractivity contribution < 1.29 is 14.4 Å². The number of quaternary nitrogens is 1. The first kappa shape index (κ1) is 22.3. The van der Waals surface area contributed by atoms with Crippen LogP contribution in [0, 0.1) is 0 Å². The standard InChI is InChI=1S/C13H8Br2O2.C10H16N/c14-10-5-6-12(15)11(7-10)8-1-3-9(4-2-8)13(16)17;1-11(2,3)9-10-7-5-4-6-8-10/h1-7H,(H,16,17);4-8H,9H2,1-3H3/q;+1/p-1. The average Bonchev–Trinajstić information content (AvgIpc) is 2.64. The molecule has 28 heavy (non-hydrogen) atoms. The number of carbonyl (C=O) groups is 1. The maximum atomic E-state index is 10.6. The van der Waals surface area contributed by atoms with Crippen molar-refractivity contribution in [3.63, 3.8) is 0 Å². The maximum absolute atomic E-state index is 10.6. The van der Waals surface area contributed by atoms with Crippen molar-refractivity contribution in [1.82, 2.24) is 0 Å². The lowest BCUT2D eigenvalue weighted by Crippen LogP contribution is -2.33. The number of hydrogen-bond acceptors (Lipinski definition) is 2. The molecule has 0 N–H and O–H groups in total. The summed E-state index contributed by atoms with van der Waals surface area (Å²) in [6.45, 7) is 1.10. The molecule has 0 aromatic heterocycles. The van der Waals surface area contributed by atoms with E-state index < -0.39 is 5.97 Å². The molecule has 3 rings (SSSR count). The number of carbonyl (C=O) groups excluding carboxylic acids is 1. The second-order valence-electron chi connectivity index (χ2n) is 7.42. The highest BCUT2D eigenvalue weighted by atomic mass is 79.9. The van der Waals surface area contributed by atoms with Gasteiger partial charge in [-0.25, -0.2) is 0 Å². The van der Waals surface area contributed by atoms with Crippen LogP contribution in [-0.4, -0.2) is 31.6 Å². The molecule has 0 amide bonds. The first-order valence-electron chi connectivity index (χ1n) is 8.77. The lowest BCUT2D eigenvalue weighted by Gasteiger charge is -2.23. The summed E-state index contributed by atoms with van der Waals surface area (Å²) in [6, 6.07) is 23.0. The summed E-state index contributed by atoms with van der Waals surface area (Å²) in [5.41, 5.74) is 3.53. The van der Waals surface area contributed by atoms with Crippen molar-refractivity contribution in [2.75, 3.05) is 21.1 Å². The largest absolute Gasteiger partial charge is 0.545 e. The van der Waals surface area contributed by atoms with Gasteiger partial charge in [0.05, 0.1) is 27.1 Å². The Hall–Kier alpha value is -1.95. The van der Waals surface area contributed by atoms with E-state index >= 15 is 0 Å². The van der Waals surface area contributed by atoms with Crippen LogP contribution in [0.3, 0.4) is 0 Å². The van der Waals surface area contributed by atoms with E-state index in [4.69, 9.17) is 0 Å². The topological polar surface area (TPSA) is 40.1 Å². The van der Waals surface area contributed by atoms with Crippen molar-refractivity contribution in [3.05, 3.63) is 92.9 Å². The SMILES string of the molecule is C[N+](C)(C)Cc1ccccc1.O=C([O-])c1ccc(-c2cc(Br)ccc2Br)cc1. The normalized spacial score (nSPS) is 10.8. The lowest BCUT2D eigenvalue weighted by molar-refractivity contribution is -0.884. The zero-order chi connectivity index (χ0) is 20.7. The van der Waals surface area contributed by atoms with Gasteiger partial charge in [0.1, 0.15) is 6.54 Å². The van der Waals surface area contributed by atoms with E-state index in [2.05, 4.69) is 83.3 Å². The van der Waals surface area contributed by atoms with Crippen LogP contribution in [0.4, 0.5) is 0 Å². The fourth-order valence-electron chi connectivity index (χ4n) is 2.64. The molecule has 5 heteroatoms. The van der Waals surface area contributed by atoms with Gasteiger partial charge in [0.25, 0.3) is 0 Å². The van der Waals surface area contributed by atoms with Crippen LogP contribution in [0.1, 0.15) is 15.9 Å². The van der Waals surface area contributed by atoms with E-state index in [1.807, 2.05) is 18.2 Å². The summed E-state index contributed by atoms with van der Waals surface area (Å²) in [5, 5.41) is 10.6. The number of benzene rings is 3. The van der Waals surface area contributed by atoms with E-state index in [9.17, 15) is 9.90 Å². The Morgan fingerprint density at radius 3 is 2.04 bits per heavy atom. The Morgan fingerprint density at radius 1 is 0.893 bits per heavy atom. The molecule has 0 fully saturated rings. The third kappa shape index (κ3) is 7.23. The van der Waals surface area contributed by atoms with Gasteiger partial charge in [-0.3, -0.25) is 0 Å². The molecule has 0 heterocycles. The van der Waals surface area contributed by atoms with E-state index in [0.29, 0.717) is 0 Å². The van der Waals surface area contributed by atoms with Crippen molar-refractivity contribution in [1.29, 1.82) is 0 Å². The molecule has 0 unspecified atom stereocenters. The summed E-state index contributed by atoms with van der Waals surface area (Å²) in [7, 11) is 6.60. The Morgan fingerprint density at radius 2 is 1.50 bits per heavy atom. The molecule has 0 atom stereocenters.